The van der Waals surface area contributed by atoms with Crippen molar-refractivity contribution in [3.63, 3.8) is 0 Å². The molecule has 0 radical (unpaired) electrons. The molecule has 0 aliphatic heterocycles. The van der Waals surface area contributed by atoms with E-state index in [0.717, 1.165) is 17.2 Å². The Hall–Kier alpha value is -1.63. The SMILES string of the molecule is CC(C)c1nsc(NC(=O)N(C)C)c1C(=O)N(C)C. The van der Waals surface area contributed by atoms with E-state index in [4.69, 9.17) is 0 Å². The van der Waals surface area contributed by atoms with Crippen molar-refractivity contribution >= 4 is 28.5 Å². The van der Waals surface area contributed by atoms with Crippen LogP contribution in [0.2, 0.25) is 0 Å². The first kappa shape index (κ1) is 15.4. The van der Waals surface area contributed by atoms with Crippen molar-refractivity contribution < 1.29 is 9.59 Å². The van der Waals surface area contributed by atoms with Crippen LogP contribution >= 0.6 is 11.5 Å². The fourth-order valence-corrected chi connectivity index (χ4v) is 2.33. The van der Waals surface area contributed by atoms with Crippen molar-refractivity contribution in [2.75, 3.05) is 33.5 Å². The lowest BCUT2D eigenvalue weighted by Gasteiger charge is -2.15. The fraction of sp³-hybridized carbons (Fsp3) is 0.583. The molecular formula is C12H20N4O2S. The maximum atomic E-state index is 12.2. The van der Waals surface area contributed by atoms with Crippen LogP contribution in [0.15, 0.2) is 0 Å². The molecule has 19 heavy (non-hydrogen) atoms. The number of nitrogens with zero attached hydrogens (tertiary/aromatic N) is 3. The Morgan fingerprint density at radius 3 is 2.16 bits per heavy atom. The maximum absolute atomic E-state index is 12.2. The van der Waals surface area contributed by atoms with Crippen molar-refractivity contribution in [3.05, 3.63) is 11.3 Å². The summed E-state index contributed by atoms with van der Waals surface area (Å²) in [7, 11) is 6.66. The van der Waals surface area contributed by atoms with Gasteiger partial charge in [0.25, 0.3) is 5.91 Å². The van der Waals surface area contributed by atoms with Crippen molar-refractivity contribution in [1.29, 1.82) is 0 Å². The van der Waals surface area contributed by atoms with Gasteiger partial charge < -0.3 is 9.80 Å². The normalized spacial score (nSPS) is 10.5. The predicted octanol–water partition coefficient (Wildman–Crippen LogP) is 2.06. The molecule has 0 unspecified atom stereocenters. The second kappa shape index (κ2) is 6.01. The summed E-state index contributed by atoms with van der Waals surface area (Å²) in [6.07, 6.45) is 0. The van der Waals surface area contributed by atoms with Gasteiger partial charge in [0.2, 0.25) is 0 Å². The van der Waals surface area contributed by atoms with Gasteiger partial charge in [-0.25, -0.2) is 4.79 Å². The van der Waals surface area contributed by atoms with E-state index in [0.29, 0.717) is 10.6 Å². The summed E-state index contributed by atoms with van der Waals surface area (Å²) in [5, 5.41) is 3.22. The smallest absolute Gasteiger partial charge is 0.321 e. The van der Waals surface area contributed by atoms with Crippen LogP contribution in [-0.2, 0) is 0 Å². The minimum absolute atomic E-state index is 0.125. The number of aromatic nitrogens is 1. The van der Waals surface area contributed by atoms with Gasteiger partial charge in [0.05, 0.1) is 11.3 Å². The van der Waals surface area contributed by atoms with Crippen LogP contribution < -0.4 is 5.32 Å². The summed E-state index contributed by atoms with van der Waals surface area (Å²) in [5.41, 5.74) is 1.21. The van der Waals surface area contributed by atoms with E-state index in [-0.39, 0.29) is 17.9 Å². The minimum Gasteiger partial charge on any atom is -0.345 e. The maximum Gasteiger partial charge on any atom is 0.321 e. The number of nitrogens with one attached hydrogen (secondary N) is 1. The molecule has 0 bridgehead atoms. The molecule has 1 rings (SSSR count). The highest BCUT2D eigenvalue weighted by atomic mass is 32.1. The molecule has 0 aliphatic rings. The molecule has 6 nitrogen and oxygen atoms in total. The highest BCUT2D eigenvalue weighted by Crippen LogP contribution is 2.30. The van der Waals surface area contributed by atoms with E-state index in [1.165, 1.54) is 9.80 Å². The molecule has 3 amide bonds. The first-order valence-electron chi connectivity index (χ1n) is 5.95. The monoisotopic (exact) mass is 284 g/mol. The average molecular weight is 284 g/mol. The lowest BCUT2D eigenvalue weighted by molar-refractivity contribution is 0.0827. The van der Waals surface area contributed by atoms with E-state index in [1.807, 2.05) is 13.8 Å². The standard InChI is InChI=1S/C12H20N4O2S/c1-7(2)9-8(11(17)15(3)4)10(19-14-9)13-12(18)16(5)6/h7H,1-6H3,(H,13,18). The van der Waals surface area contributed by atoms with Crippen LogP contribution in [0.3, 0.4) is 0 Å². The Kier molecular flexibility index (Phi) is 4.88. The average Bonchev–Trinajstić information content (AvgIpc) is 2.71. The summed E-state index contributed by atoms with van der Waals surface area (Å²) in [6.45, 7) is 3.94. The molecule has 0 aliphatic carbocycles. The number of anilines is 1. The molecule has 0 fully saturated rings. The molecule has 0 aromatic carbocycles. The van der Waals surface area contributed by atoms with Gasteiger partial charge in [-0.05, 0) is 17.5 Å². The first-order chi connectivity index (χ1) is 8.75. The highest BCUT2D eigenvalue weighted by Gasteiger charge is 2.25. The summed E-state index contributed by atoms with van der Waals surface area (Å²) in [4.78, 5) is 26.8. The predicted molar refractivity (Wildman–Crippen MR) is 76.9 cm³/mol. The zero-order chi connectivity index (χ0) is 14.7. The molecular weight excluding hydrogens is 264 g/mol. The third kappa shape index (κ3) is 3.44. The van der Waals surface area contributed by atoms with E-state index < -0.39 is 0 Å². The Balaban J connectivity index is 3.18. The van der Waals surface area contributed by atoms with E-state index in [9.17, 15) is 9.59 Å². The number of carbonyl (C=O) groups is 2. The van der Waals surface area contributed by atoms with Crippen LogP contribution in [0, 0.1) is 0 Å². The Bertz CT molecular complexity index is 480. The van der Waals surface area contributed by atoms with Gasteiger partial charge in [-0.2, -0.15) is 4.37 Å². The number of rotatable bonds is 3. The Morgan fingerprint density at radius 1 is 1.16 bits per heavy atom. The lowest BCUT2D eigenvalue weighted by atomic mass is 10.0. The van der Waals surface area contributed by atoms with E-state index >= 15 is 0 Å². The number of hydrogen-bond donors (Lipinski definition) is 1. The molecule has 106 valence electrons. The van der Waals surface area contributed by atoms with Gasteiger partial charge in [0, 0.05) is 28.2 Å². The molecule has 1 N–H and O–H groups in total. The molecule has 1 aromatic heterocycles. The molecule has 0 saturated heterocycles. The van der Waals surface area contributed by atoms with Crippen molar-refractivity contribution in [2.45, 2.75) is 19.8 Å². The number of amides is 3. The fourth-order valence-electron chi connectivity index (χ4n) is 1.42. The second-order valence-electron chi connectivity index (χ2n) is 4.95. The third-order valence-corrected chi connectivity index (χ3v) is 3.29. The second-order valence-corrected chi connectivity index (χ2v) is 5.72. The molecule has 0 saturated carbocycles. The van der Waals surface area contributed by atoms with Gasteiger partial charge in [0.15, 0.2) is 0 Å². The van der Waals surface area contributed by atoms with Crippen molar-refractivity contribution in [2.24, 2.45) is 0 Å². The Labute approximate surface area is 117 Å². The van der Waals surface area contributed by atoms with Crippen LogP contribution in [0.1, 0.15) is 35.8 Å². The molecule has 1 heterocycles. The van der Waals surface area contributed by atoms with Gasteiger partial charge in [0.1, 0.15) is 5.00 Å². The third-order valence-electron chi connectivity index (χ3n) is 2.51. The van der Waals surface area contributed by atoms with Gasteiger partial charge >= 0.3 is 6.03 Å². The summed E-state index contributed by atoms with van der Waals surface area (Å²) >= 11 is 1.14. The van der Waals surface area contributed by atoms with Crippen molar-refractivity contribution in [1.82, 2.24) is 14.2 Å². The summed E-state index contributed by atoms with van der Waals surface area (Å²) in [6, 6.07) is -0.272. The van der Waals surface area contributed by atoms with Gasteiger partial charge in [-0.15, -0.1) is 0 Å². The summed E-state index contributed by atoms with van der Waals surface area (Å²) in [5.74, 6) is -0.0216. The molecule has 0 atom stereocenters. The highest BCUT2D eigenvalue weighted by molar-refractivity contribution is 7.11. The van der Waals surface area contributed by atoms with Crippen LogP contribution in [0.25, 0.3) is 0 Å². The van der Waals surface area contributed by atoms with Crippen LogP contribution in [0.5, 0.6) is 0 Å². The van der Waals surface area contributed by atoms with Crippen molar-refractivity contribution in [3.8, 4) is 0 Å². The van der Waals surface area contributed by atoms with Crippen LogP contribution in [-0.4, -0.2) is 54.3 Å². The van der Waals surface area contributed by atoms with E-state index in [2.05, 4.69) is 9.69 Å². The largest absolute Gasteiger partial charge is 0.345 e. The number of urea groups is 1. The molecule has 0 spiro atoms. The zero-order valence-corrected chi connectivity index (χ0v) is 13.0. The van der Waals surface area contributed by atoms with E-state index in [1.54, 1.807) is 28.2 Å². The molecule has 7 heteroatoms. The van der Waals surface area contributed by atoms with Crippen LogP contribution in [0.4, 0.5) is 9.80 Å². The lowest BCUT2D eigenvalue weighted by Crippen LogP contribution is -2.29. The zero-order valence-electron chi connectivity index (χ0n) is 12.1. The number of hydrogen-bond acceptors (Lipinski definition) is 4. The quantitative estimate of drug-likeness (QED) is 0.924. The topological polar surface area (TPSA) is 65.5 Å². The molecule has 1 aromatic rings. The minimum atomic E-state index is -0.272. The number of carbonyl (C=O) groups excluding carboxylic acids is 2. The first-order valence-corrected chi connectivity index (χ1v) is 6.72. The van der Waals surface area contributed by atoms with Gasteiger partial charge in [-0.1, -0.05) is 13.8 Å². The Morgan fingerprint density at radius 2 is 1.74 bits per heavy atom. The van der Waals surface area contributed by atoms with Gasteiger partial charge in [-0.3, -0.25) is 10.1 Å². The summed E-state index contributed by atoms with van der Waals surface area (Å²) < 4.78 is 4.29.